The van der Waals surface area contributed by atoms with Crippen molar-refractivity contribution in [1.82, 2.24) is 0 Å². The van der Waals surface area contributed by atoms with Gasteiger partial charge in [0.25, 0.3) is 0 Å². The molecule has 0 aromatic rings. The van der Waals surface area contributed by atoms with Gasteiger partial charge in [-0.25, -0.2) is 4.79 Å². The molecule has 5 nitrogen and oxygen atoms in total. The molecule has 0 saturated carbocycles. The van der Waals surface area contributed by atoms with E-state index >= 15 is 0 Å². The molecule has 0 rings (SSSR count). The van der Waals surface area contributed by atoms with E-state index in [0.29, 0.717) is 5.75 Å². The van der Waals surface area contributed by atoms with Gasteiger partial charge in [0.1, 0.15) is 13.7 Å². The fourth-order valence-corrected chi connectivity index (χ4v) is 1.02. The highest BCUT2D eigenvalue weighted by Crippen LogP contribution is 1.95. The predicted molar refractivity (Wildman–Crippen MR) is 59.5 cm³/mol. The van der Waals surface area contributed by atoms with Gasteiger partial charge in [-0.1, -0.05) is 5.16 Å². The van der Waals surface area contributed by atoms with Gasteiger partial charge < -0.3 is 9.57 Å². The second-order valence-electron chi connectivity index (χ2n) is 2.31. The molecule has 86 valence electrons. The van der Waals surface area contributed by atoms with Crippen LogP contribution >= 0.6 is 23.4 Å². The zero-order chi connectivity index (χ0) is 11.7. The largest absolute Gasteiger partial charge is 0.460 e. The third-order valence-electron chi connectivity index (χ3n) is 1.28. The number of esters is 1. The molecule has 0 radical (unpaired) electrons. The number of hydrogen-bond donors (Lipinski definition) is 0. The Kier molecular flexibility index (Phi) is 8.12. The van der Waals surface area contributed by atoms with Crippen molar-refractivity contribution in [1.29, 1.82) is 0 Å². The van der Waals surface area contributed by atoms with Crippen molar-refractivity contribution in [3.05, 3.63) is 0 Å². The molecule has 0 aromatic heterocycles. The molecule has 0 amide bonds. The van der Waals surface area contributed by atoms with Gasteiger partial charge in [0, 0.05) is 5.75 Å². The number of carbonyl (C=O) groups is 2. The van der Waals surface area contributed by atoms with Crippen molar-refractivity contribution >= 4 is 40.8 Å². The number of thioether (sulfide) groups is 1. The minimum atomic E-state index is -0.809. The molecular formula is C8H12ClNO4S. The van der Waals surface area contributed by atoms with Crippen LogP contribution in [0, 0.1) is 0 Å². The van der Waals surface area contributed by atoms with Gasteiger partial charge in [0.15, 0.2) is 0 Å². The maximum absolute atomic E-state index is 11.3. The van der Waals surface area contributed by atoms with Gasteiger partial charge in [0.2, 0.25) is 11.5 Å². The lowest BCUT2D eigenvalue weighted by Crippen LogP contribution is -2.28. The topological polar surface area (TPSA) is 65.0 Å². The second kappa shape index (κ2) is 8.55. The third-order valence-corrected chi connectivity index (χ3v) is 2.10. The van der Waals surface area contributed by atoms with Crippen molar-refractivity contribution in [2.75, 3.05) is 31.6 Å². The van der Waals surface area contributed by atoms with Gasteiger partial charge in [-0.2, -0.15) is 11.8 Å². The molecular weight excluding hydrogens is 242 g/mol. The first kappa shape index (κ1) is 14.2. The van der Waals surface area contributed by atoms with Gasteiger partial charge in [0.05, 0.1) is 5.88 Å². The van der Waals surface area contributed by atoms with Crippen LogP contribution < -0.4 is 0 Å². The summed E-state index contributed by atoms with van der Waals surface area (Å²) in [6, 6.07) is 0. The summed E-state index contributed by atoms with van der Waals surface area (Å²) in [6.45, 7) is 0.221. The SMILES string of the molecule is CON=C(C(=O)CCl)C(=O)OCCSC. The molecule has 0 saturated heterocycles. The van der Waals surface area contributed by atoms with E-state index in [1.807, 2.05) is 6.26 Å². The van der Waals surface area contributed by atoms with Crippen LogP contribution in [0.2, 0.25) is 0 Å². The van der Waals surface area contributed by atoms with Crippen molar-refractivity contribution in [2.45, 2.75) is 0 Å². The molecule has 0 spiro atoms. The Bertz CT molecular complexity index is 257. The van der Waals surface area contributed by atoms with Crippen LogP contribution in [-0.2, 0) is 19.2 Å². The number of hydrogen-bond acceptors (Lipinski definition) is 6. The van der Waals surface area contributed by atoms with Crippen molar-refractivity contribution in [2.24, 2.45) is 5.16 Å². The Morgan fingerprint density at radius 3 is 2.60 bits per heavy atom. The molecule has 7 heteroatoms. The summed E-state index contributed by atoms with van der Waals surface area (Å²) in [6.07, 6.45) is 1.88. The van der Waals surface area contributed by atoms with Gasteiger partial charge in [-0.3, -0.25) is 4.79 Å². The van der Waals surface area contributed by atoms with Gasteiger partial charge in [-0.05, 0) is 6.26 Å². The second-order valence-corrected chi connectivity index (χ2v) is 3.56. The van der Waals surface area contributed by atoms with E-state index < -0.39 is 17.5 Å². The molecule has 0 heterocycles. The first-order valence-corrected chi connectivity index (χ1v) is 5.96. The van der Waals surface area contributed by atoms with Crippen molar-refractivity contribution in [3.8, 4) is 0 Å². The molecule has 15 heavy (non-hydrogen) atoms. The molecule has 0 aliphatic heterocycles. The number of oxime groups is 1. The highest BCUT2D eigenvalue weighted by Gasteiger charge is 2.21. The smallest absolute Gasteiger partial charge is 0.364 e. The third kappa shape index (κ3) is 5.64. The summed E-state index contributed by atoms with van der Waals surface area (Å²) in [4.78, 5) is 26.8. The molecule has 0 aromatic carbocycles. The maximum Gasteiger partial charge on any atom is 0.364 e. The van der Waals surface area contributed by atoms with E-state index in [4.69, 9.17) is 16.3 Å². The lowest BCUT2D eigenvalue weighted by atomic mass is 10.3. The summed E-state index contributed by atoms with van der Waals surface area (Å²) in [5.74, 6) is -1.11. The van der Waals surface area contributed by atoms with Crippen LogP contribution in [0.25, 0.3) is 0 Å². The quantitative estimate of drug-likeness (QED) is 0.167. The van der Waals surface area contributed by atoms with Crippen molar-refractivity contribution in [3.63, 3.8) is 0 Å². The maximum atomic E-state index is 11.3. The van der Waals surface area contributed by atoms with Crippen LogP contribution in [0.1, 0.15) is 0 Å². The van der Waals surface area contributed by atoms with E-state index in [-0.39, 0.29) is 12.5 Å². The summed E-state index contributed by atoms with van der Waals surface area (Å²) >= 11 is 6.81. The number of alkyl halides is 1. The number of carbonyl (C=O) groups excluding carboxylic acids is 2. The molecule has 0 N–H and O–H groups in total. The van der Waals surface area contributed by atoms with E-state index in [2.05, 4.69) is 9.99 Å². The number of Topliss-reactive ketones (excluding diaryl/α,β-unsaturated/α-hetero) is 1. The number of halogens is 1. The normalized spacial score (nSPS) is 11.0. The Labute approximate surface area is 97.1 Å². The van der Waals surface area contributed by atoms with Crippen LogP contribution in [0.3, 0.4) is 0 Å². The lowest BCUT2D eigenvalue weighted by molar-refractivity contribution is -0.135. The zero-order valence-corrected chi connectivity index (χ0v) is 10.1. The minimum Gasteiger partial charge on any atom is -0.460 e. The Balaban J connectivity index is 4.31. The fourth-order valence-electron chi connectivity index (χ4n) is 0.643. The standard InChI is InChI=1S/C8H12ClNO4S/c1-13-10-7(6(11)5-9)8(12)14-3-4-15-2/h3-5H2,1-2H3. The number of ether oxygens (including phenoxy) is 1. The summed E-state index contributed by atoms with van der Waals surface area (Å²) in [5, 5.41) is 3.27. The van der Waals surface area contributed by atoms with Crippen LogP contribution in [-0.4, -0.2) is 49.1 Å². The van der Waals surface area contributed by atoms with E-state index in [1.54, 1.807) is 0 Å². The predicted octanol–water partition coefficient (Wildman–Crippen LogP) is 0.703. The van der Waals surface area contributed by atoms with Gasteiger partial charge in [-0.15, -0.1) is 11.6 Å². The summed E-state index contributed by atoms with van der Waals surface area (Å²) < 4.78 is 4.77. The van der Waals surface area contributed by atoms with E-state index in [9.17, 15) is 9.59 Å². The first-order chi connectivity index (χ1) is 7.17. The average molecular weight is 254 g/mol. The Morgan fingerprint density at radius 1 is 1.47 bits per heavy atom. The van der Waals surface area contributed by atoms with Crippen LogP contribution in [0.4, 0.5) is 0 Å². The molecule has 0 fully saturated rings. The molecule has 0 bridgehead atoms. The number of rotatable bonds is 7. The van der Waals surface area contributed by atoms with E-state index in [0.717, 1.165) is 0 Å². The lowest BCUT2D eigenvalue weighted by Gasteiger charge is -2.03. The fraction of sp³-hybridized carbons (Fsp3) is 0.625. The highest BCUT2D eigenvalue weighted by atomic mass is 35.5. The van der Waals surface area contributed by atoms with Gasteiger partial charge >= 0.3 is 5.97 Å². The van der Waals surface area contributed by atoms with E-state index in [1.165, 1.54) is 18.9 Å². The van der Waals surface area contributed by atoms with Crippen LogP contribution in [0.5, 0.6) is 0 Å². The summed E-state index contributed by atoms with van der Waals surface area (Å²) in [5.41, 5.74) is -0.409. The molecule has 0 unspecified atom stereocenters. The average Bonchev–Trinajstić information content (AvgIpc) is 2.25. The van der Waals surface area contributed by atoms with Crippen molar-refractivity contribution < 1.29 is 19.2 Å². The van der Waals surface area contributed by atoms with Crippen LogP contribution in [0.15, 0.2) is 5.16 Å². The molecule has 0 aliphatic rings. The monoisotopic (exact) mass is 253 g/mol. The Morgan fingerprint density at radius 2 is 2.13 bits per heavy atom. The minimum absolute atomic E-state index is 0.221. The molecule has 0 atom stereocenters. The number of ketones is 1. The zero-order valence-electron chi connectivity index (χ0n) is 8.49. The summed E-state index contributed by atoms with van der Waals surface area (Å²) in [7, 11) is 1.23. The molecule has 0 aliphatic carbocycles. The highest BCUT2D eigenvalue weighted by molar-refractivity contribution is 7.98. The Hall–Kier alpha value is -0.750. The number of nitrogens with zero attached hydrogens (tertiary/aromatic N) is 1. The first-order valence-electron chi connectivity index (χ1n) is 4.03.